The molecule has 1 amide bonds. The summed E-state index contributed by atoms with van der Waals surface area (Å²) in [5.41, 5.74) is 0. The Morgan fingerprint density at radius 1 is 1.33 bits per heavy atom. The molecule has 0 saturated carbocycles. The molecule has 0 saturated heterocycles. The third kappa shape index (κ3) is 8.43. The first-order chi connectivity index (χ1) is 8.41. The van der Waals surface area contributed by atoms with Crippen LogP contribution in [0.5, 0.6) is 0 Å². The van der Waals surface area contributed by atoms with Gasteiger partial charge in [-0.2, -0.15) is 4.31 Å². The largest absolute Gasteiger partial charge is 0.383 e. The Bertz CT molecular complexity index is 330. The minimum absolute atomic E-state index is 0.119. The quantitative estimate of drug-likeness (QED) is 0.580. The number of nitrogens with one attached hydrogen (secondary N) is 1. The van der Waals surface area contributed by atoms with Gasteiger partial charge in [0.05, 0.1) is 19.4 Å². The molecule has 0 aromatic rings. The van der Waals surface area contributed by atoms with E-state index in [0.29, 0.717) is 19.7 Å². The van der Waals surface area contributed by atoms with E-state index in [4.69, 9.17) is 4.74 Å². The van der Waals surface area contributed by atoms with E-state index in [1.165, 1.54) is 4.31 Å². The second-order valence-corrected chi connectivity index (χ2v) is 6.13. The highest BCUT2D eigenvalue weighted by molar-refractivity contribution is 7.88. The Morgan fingerprint density at radius 2 is 2.00 bits per heavy atom. The van der Waals surface area contributed by atoms with Crippen LogP contribution in [0.25, 0.3) is 0 Å². The van der Waals surface area contributed by atoms with E-state index < -0.39 is 10.0 Å². The van der Waals surface area contributed by atoms with Crippen LogP contribution < -0.4 is 5.32 Å². The first-order valence-electron chi connectivity index (χ1n) is 6.12. The summed E-state index contributed by atoms with van der Waals surface area (Å²) in [7, 11) is -1.79. The molecular weight excluding hydrogens is 256 g/mol. The summed E-state index contributed by atoms with van der Waals surface area (Å²) >= 11 is 0. The van der Waals surface area contributed by atoms with Crippen LogP contribution in [0.1, 0.15) is 26.2 Å². The maximum Gasteiger partial charge on any atom is 0.235 e. The van der Waals surface area contributed by atoms with Crippen LogP contribution in [-0.4, -0.2) is 58.2 Å². The number of hydrogen-bond acceptors (Lipinski definition) is 4. The van der Waals surface area contributed by atoms with Gasteiger partial charge >= 0.3 is 0 Å². The Balaban J connectivity index is 4.19. The first kappa shape index (κ1) is 17.3. The number of carbonyl (C=O) groups excluding carboxylic acids is 1. The van der Waals surface area contributed by atoms with Crippen molar-refractivity contribution < 1.29 is 17.9 Å². The van der Waals surface area contributed by atoms with Crippen molar-refractivity contribution in [3.63, 3.8) is 0 Å². The van der Waals surface area contributed by atoms with Crippen LogP contribution in [0.4, 0.5) is 0 Å². The molecule has 0 atom stereocenters. The van der Waals surface area contributed by atoms with Crippen LogP contribution in [0.2, 0.25) is 0 Å². The summed E-state index contributed by atoms with van der Waals surface area (Å²) in [6.07, 6.45) is 3.87. The van der Waals surface area contributed by atoms with Crippen molar-refractivity contribution in [1.29, 1.82) is 0 Å². The van der Waals surface area contributed by atoms with Crippen molar-refractivity contribution in [2.75, 3.05) is 39.6 Å². The molecule has 0 aromatic carbocycles. The monoisotopic (exact) mass is 280 g/mol. The van der Waals surface area contributed by atoms with Crippen molar-refractivity contribution in [2.45, 2.75) is 26.2 Å². The second kappa shape index (κ2) is 9.29. The van der Waals surface area contributed by atoms with E-state index in [2.05, 4.69) is 5.32 Å². The van der Waals surface area contributed by atoms with Crippen molar-refractivity contribution in [2.24, 2.45) is 0 Å². The van der Waals surface area contributed by atoms with Crippen molar-refractivity contribution in [3.8, 4) is 0 Å². The van der Waals surface area contributed by atoms with Gasteiger partial charge in [-0.1, -0.05) is 19.8 Å². The molecule has 0 unspecified atom stereocenters. The summed E-state index contributed by atoms with van der Waals surface area (Å²) < 4.78 is 29.0. The summed E-state index contributed by atoms with van der Waals surface area (Å²) in [5, 5.41) is 2.61. The van der Waals surface area contributed by atoms with Gasteiger partial charge in [0, 0.05) is 20.2 Å². The average molecular weight is 280 g/mol. The first-order valence-corrected chi connectivity index (χ1v) is 7.97. The highest BCUT2D eigenvalue weighted by atomic mass is 32.2. The zero-order chi connectivity index (χ0) is 14.0. The topological polar surface area (TPSA) is 75.7 Å². The lowest BCUT2D eigenvalue weighted by Crippen LogP contribution is -2.41. The van der Waals surface area contributed by atoms with E-state index in [1.54, 1.807) is 7.11 Å². The van der Waals surface area contributed by atoms with Gasteiger partial charge in [0.25, 0.3) is 0 Å². The van der Waals surface area contributed by atoms with Gasteiger partial charge in [-0.05, 0) is 6.42 Å². The van der Waals surface area contributed by atoms with Crippen LogP contribution in [0.3, 0.4) is 0 Å². The molecule has 0 aliphatic carbocycles. The molecule has 0 spiro atoms. The Labute approximate surface area is 110 Å². The maximum atomic E-state index is 11.5. The molecule has 0 heterocycles. The molecular formula is C11H24N2O4S. The molecule has 0 aromatic heterocycles. The molecule has 6 nitrogen and oxygen atoms in total. The standard InChI is InChI=1S/C11H24N2O4S/c1-4-5-6-8-13(18(3,15)16)10-11(14)12-7-9-17-2/h4-10H2,1-3H3,(H,12,14). The number of carbonyl (C=O) groups is 1. The number of amides is 1. The molecule has 0 aliphatic rings. The van der Waals surface area contributed by atoms with E-state index in [0.717, 1.165) is 25.5 Å². The predicted molar refractivity (Wildman–Crippen MR) is 70.8 cm³/mol. The minimum atomic E-state index is -3.33. The van der Waals surface area contributed by atoms with E-state index in [1.807, 2.05) is 6.92 Å². The van der Waals surface area contributed by atoms with Gasteiger partial charge < -0.3 is 10.1 Å². The van der Waals surface area contributed by atoms with E-state index in [-0.39, 0.29) is 12.5 Å². The molecule has 0 rings (SSSR count). The Hall–Kier alpha value is -0.660. The molecule has 7 heteroatoms. The fourth-order valence-corrected chi connectivity index (χ4v) is 2.22. The lowest BCUT2D eigenvalue weighted by atomic mass is 10.2. The van der Waals surface area contributed by atoms with Gasteiger partial charge in [-0.25, -0.2) is 8.42 Å². The number of unbranched alkanes of at least 4 members (excludes halogenated alkanes) is 2. The smallest absolute Gasteiger partial charge is 0.235 e. The fourth-order valence-electron chi connectivity index (χ4n) is 1.41. The van der Waals surface area contributed by atoms with Crippen LogP contribution in [-0.2, 0) is 19.6 Å². The minimum Gasteiger partial charge on any atom is -0.383 e. The van der Waals surface area contributed by atoms with Crippen LogP contribution in [0.15, 0.2) is 0 Å². The van der Waals surface area contributed by atoms with Crippen LogP contribution >= 0.6 is 0 Å². The molecule has 0 aliphatic heterocycles. The number of nitrogens with zero attached hydrogens (tertiary/aromatic N) is 1. The van der Waals surface area contributed by atoms with Gasteiger partial charge in [0.2, 0.25) is 15.9 Å². The molecule has 0 bridgehead atoms. The van der Waals surface area contributed by atoms with Gasteiger partial charge in [0.1, 0.15) is 0 Å². The van der Waals surface area contributed by atoms with Crippen molar-refractivity contribution in [1.82, 2.24) is 9.62 Å². The second-order valence-electron chi connectivity index (χ2n) is 4.15. The lowest BCUT2D eigenvalue weighted by Gasteiger charge is -2.19. The average Bonchev–Trinajstić information content (AvgIpc) is 2.27. The number of methoxy groups -OCH3 is 1. The predicted octanol–water partition coefficient (Wildman–Crippen LogP) is 0.201. The molecule has 108 valence electrons. The fraction of sp³-hybridized carbons (Fsp3) is 0.909. The van der Waals surface area contributed by atoms with Crippen molar-refractivity contribution >= 4 is 15.9 Å². The number of sulfonamides is 1. The lowest BCUT2D eigenvalue weighted by molar-refractivity contribution is -0.121. The number of ether oxygens (including phenoxy) is 1. The highest BCUT2D eigenvalue weighted by Crippen LogP contribution is 2.03. The van der Waals surface area contributed by atoms with Gasteiger partial charge in [0.15, 0.2) is 0 Å². The van der Waals surface area contributed by atoms with E-state index >= 15 is 0 Å². The third-order valence-corrected chi connectivity index (χ3v) is 3.68. The summed E-state index contributed by atoms with van der Waals surface area (Å²) in [6, 6.07) is 0. The molecule has 1 N–H and O–H groups in total. The Morgan fingerprint density at radius 3 is 2.50 bits per heavy atom. The summed E-state index contributed by atoms with van der Waals surface area (Å²) in [6.45, 7) is 3.13. The molecule has 18 heavy (non-hydrogen) atoms. The molecule has 0 fully saturated rings. The maximum absolute atomic E-state index is 11.5. The van der Waals surface area contributed by atoms with Crippen LogP contribution in [0, 0.1) is 0 Å². The summed E-state index contributed by atoms with van der Waals surface area (Å²) in [4.78, 5) is 11.5. The number of rotatable bonds is 10. The number of hydrogen-bond donors (Lipinski definition) is 1. The molecule has 0 radical (unpaired) electrons. The zero-order valence-corrected chi connectivity index (χ0v) is 12.3. The SMILES string of the molecule is CCCCCN(CC(=O)NCCOC)S(C)(=O)=O. The van der Waals surface area contributed by atoms with Gasteiger partial charge in [-0.3, -0.25) is 4.79 Å². The summed E-state index contributed by atoms with van der Waals surface area (Å²) in [5.74, 6) is -0.297. The van der Waals surface area contributed by atoms with Gasteiger partial charge in [-0.15, -0.1) is 0 Å². The highest BCUT2D eigenvalue weighted by Gasteiger charge is 2.19. The Kier molecular flexibility index (Phi) is 8.95. The normalized spacial score (nSPS) is 11.8. The van der Waals surface area contributed by atoms with Crippen molar-refractivity contribution in [3.05, 3.63) is 0 Å². The zero-order valence-electron chi connectivity index (χ0n) is 11.4. The van der Waals surface area contributed by atoms with E-state index in [9.17, 15) is 13.2 Å². The third-order valence-electron chi connectivity index (χ3n) is 2.43.